The molecule has 0 radical (unpaired) electrons. The van der Waals surface area contributed by atoms with Crippen LogP contribution in [-0.2, 0) is 65.4 Å². The van der Waals surface area contributed by atoms with Gasteiger partial charge in [-0.1, -0.05) is 330 Å². The van der Waals surface area contributed by atoms with Crippen molar-refractivity contribution in [1.82, 2.24) is 0 Å². The minimum atomic E-state index is -4.95. The summed E-state index contributed by atoms with van der Waals surface area (Å²) in [5, 5.41) is 10.6. The van der Waals surface area contributed by atoms with Gasteiger partial charge in [0.15, 0.2) is 12.2 Å². The highest BCUT2D eigenvalue weighted by molar-refractivity contribution is 7.47. The Labute approximate surface area is 562 Å². The molecule has 19 heteroatoms. The van der Waals surface area contributed by atoms with Crippen LogP contribution in [0.5, 0.6) is 0 Å². The molecule has 3 unspecified atom stereocenters. The molecule has 0 aliphatic heterocycles. The van der Waals surface area contributed by atoms with Crippen molar-refractivity contribution in [3.63, 3.8) is 0 Å². The van der Waals surface area contributed by atoms with E-state index in [2.05, 4.69) is 34.6 Å². The third kappa shape index (κ3) is 65.4. The van der Waals surface area contributed by atoms with Crippen molar-refractivity contribution < 1.29 is 80.2 Å². The lowest BCUT2D eigenvalue weighted by molar-refractivity contribution is -0.161. The zero-order chi connectivity index (χ0) is 67.7. The van der Waals surface area contributed by atoms with Crippen LogP contribution >= 0.6 is 15.6 Å². The van der Waals surface area contributed by atoms with Crippen molar-refractivity contribution in [3.05, 3.63) is 0 Å². The molecule has 546 valence electrons. The van der Waals surface area contributed by atoms with Gasteiger partial charge in [0.05, 0.1) is 26.4 Å². The quantitative estimate of drug-likeness (QED) is 0.0222. The summed E-state index contributed by atoms with van der Waals surface area (Å²) in [6, 6.07) is 0. The molecular weight excluding hydrogens is 1210 g/mol. The van der Waals surface area contributed by atoms with E-state index in [1.807, 2.05) is 0 Å². The van der Waals surface area contributed by atoms with Crippen LogP contribution in [0, 0.1) is 5.92 Å². The first kappa shape index (κ1) is 90.1. The smallest absolute Gasteiger partial charge is 0.462 e. The van der Waals surface area contributed by atoms with E-state index in [0.29, 0.717) is 25.7 Å². The fourth-order valence-electron chi connectivity index (χ4n) is 11.1. The third-order valence-electron chi connectivity index (χ3n) is 17.4. The highest BCUT2D eigenvalue weighted by Crippen LogP contribution is 2.45. The van der Waals surface area contributed by atoms with Gasteiger partial charge in [-0.25, -0.2) is 9.13 Å². The summed E-state index contributed by atoms with van der Waals surface area (Å²) >= 11 is 0. The summed E-state index contributed by atoms with van der Waals surface area (Å²) in [5.74, 6) is -1.40. The molecule has 0 heterocycles. The van der Waals surface area contributed by atoms with Crippen molar-refractivity contribution in [1.29, 1.82) is 0 Å². The second-order valence-corrected chi connectivity index (χ2v) is 29.5. The third-order valence-corrected chi connectivity index (χ3v) is 19.3. The Morgan fingerprint density at radius 2 is 0.522 bits per heavy atom. The number of phosphoric ester groups is 2. The normalized spacial score (nSPS) is 14.3. The molecule has 6 atom stereocenters. The molecular formula is C73H142O17P2. The standard InChI is InChI=1S/C73H142O17P2/c1-6-10-13-16-19-22-24-26-28-30-32-34-36-39-42-48-53-58-72(77)89-68(62-84-71(76)57-52-47-41-38-35-33-31-29-27-25-23-20-17-14-11-7-2)64-87-91(79,80)85-60-67(74)61-86-92(81,82)88-65-69(63-83-70(75)56-51-46-40-37-21-18-15-12-8-3)90-73(78)59-54-49-44-43-45-50-55-66(5)9-4/h66-69,74H,6-65H2,1-5H3,(H,79,80)(H,81,82)/t66?,67-,68-,69-/m1/s1. The molecule has 0 aliphatic rings. The van der Waals surface area contributed by atoms with E-state index >= 15 is 0 Å². The fraction of sp³-hybridized carbons (Fsp3) is 0.945. The maximum atomic E-state index is 13.1. The Balaban J connectivity index is 5.22. The Bertz CT molecular complexity index is 1770. The second-order valence-electron chi connectivity index (χ2n) is 26.6. The van der Waals surface area contributed by atoms with Crippen molar-refractivity contribution in [3.8, 4) is 0 Å². The highest BCUT2D eigenvalue weighted by Gasteiger charge is 2.30. The molecule has 17 nitrogen and oxygen atoms in total. The van der Waals surface area contributed by atoms with Crippen LogP contribution in [0.2, 0.25) is 0 Å². The number of aliphatic hydroxyl groups excluding tert-OH is 1. The predicted molar refractivity (Wildman–Crippen MR) is 372 cm³/mol. The Morgan fingerprint density at radius 1 is 0.304 bits per heavy atom. The fourth-order valence-corrected chi connectivity index (χ4v) is 12.7. The molecule has 92 heavy (non-hydrogen) atoms. The van der Waals surface area contributed by atoms with Crippen LogP contribution in [0.1, 0.15) is 381 Å². The van der Waals surface area contributed by atoms with Crippen LogP contribution < -0.4 is 0 Å². The van der Waals surface area contributed by atoms with Gasteiger partial charge in [0.25, 0.3) is 0 Å². The predicted octanol–water partition coefficient (Wildman–Crippen LogP) is 21.3. The topological polar surface area (TPSA) is 237 Å². The summed E-state index contributed by atoms with van der Waals surface area (Å²) < 4.78 is 68.4. The molecule has 0 bridgehead atoms. The molecule has 0 aliphatic carbocycles. The number of aliphatic hydroxyl groups is 1. The molecule has 0 aromatic heterocycles. The number of phosphoric acid groups is 2. The van der Waals surface area contributed by atoms with Crippen LogP contribution in [0.25, 0.3) is 0 Å². The largest absolute Gasteiger partial charge is 0.472 e. The summed E-state index contributed by atoms with van der Waals surface area (Å²) in [7, 11) is -9.90. The Hall–Kier alpha value is -1.94. The van der Waals surface area contributed by atoms with Crippen LogP contribution in [0.4, 0.5) is 0 Å². The van der Waals surface area contributed by atoms with Crippen LogP contribution in [0.3, 0.4) is 0 Å². The average molecular weight is 1350 g/mol. The number of carbonyl (C=O) groups is 4. The lowest BCUT2D eigenvalue weighted by atomic mass is 10.00. The van der Waals surface area contributed by atoms with Gasteiger partial charge in [0.2, 0.25) is 0 Å². The molecule has 0 fully saturated rings. The summed E-state index contributed by atoms with van der Waals surface area (Å²) in [4.78, 5) is 72.6. The zero-order valence-electron chi connectivity index (χ0n) is 59.7. The number of hydrogen-bond acceptors (Lipinski definition) is 15. The summed E-state index contributed by atoms with van der Waals surface area (Å²) in [6.45, 7) is 7.21. The van der Waals surface area contributed by atoms with Gasteiger partial charge in [-0.2, -0.15) is 0 Å². The van der Waals surface area contributed by atoms with Gasteiger partial charge in [-0.15, -0.1) is 0 Å². The van der Waals surface area contributed by atoms with Crippen molar-refractivity contribution >= 4 is 39.5 Å². The summed E-state index contributed by atoms with van der Waals surface area (Å²) in [5.41, 5.74) is 0. The molecule has 0 saturated heterocycles. The van der Waals surface area contributed by atoms with E-state index in [0.717, 1.165) is 95.8 Å². The number of unbranched alkanes of at least 4 members (excludes halogenated alkanes) is 44. The van der Waals surface area contributed by atoms with Gasteiger partial charge in [0, 0.05) is 25.7 Å². The van der Waals surface area contributed by atoms with Crippen LogP contribution in [-0.4, -0.2) is 96.7 Å². The lowest BCUT2D eigenvalue weighted by Crippen LogP contribution is -2.30. The minimum absolute atomic E-state index is 0.103. The van der Waals surface area contributed by atoms with Crippen molar-refractivity contribution in [2.24, 2.45) is 5.92 Å². The van der Waals surface area contributed by atoms with E-state index in [9.17, 15) is 43.2 Å². The maximum absolute atomic E-state index is 13.1. The van der Waals surface area contributed by atoms with Gasteiger partial charge < -0.3 is 33.8 Å². The Kier molecular flexibility index (Phi) is 64.9. The Morgan fingerprint density at radius 3 is 0.772 bits per heavy atom. The molecule has 0 rings (SSSR count). The molecule has 0 aromatic carbocycles. The van der Waals surface area contributed by atoms with Gasteiger partial charge in [-0.05, 0) is 31.6 Å². The van der Waals surface area contributed by atoms with Gasteiger partial charge in [0.1, 0.15) is 19.3 Å². The average Bonchev–Trinajstić information content (AvgIpc) is 2.67. The van der Waals surface area contributed by atoms with E-state index in [1.54, 1.807) is 0 Å². The first-order chi connectivity index (χ1) is 44.6. The highest BCUT2D eigenvalue weighted by atomic mass is 31.2. The molecule has 0 saturated carbocycles. The monoisotopic (exact) mass is 1350 g/mol. The van der Waals surface area contributed by atoms with Crippen LogP contribution in [0.15, 0.2) is 0 Å². The molecule has 0 amide bonds. The number of ether oxygens (including phenoxy) is 4. The summed E-state index contributed by atoms with van der Waals surface area (Å²) in [6.07, 6.45) is 54.2. The lowest BCUT2D eigenvalue weighted by Gasteiger charge is -2.21. The number of rotatable bonds is 73. The number of carbonyl (C=O) groups excluding carboxylic acids is 4. The first-order valence-electron chi connectivity index (χ1n) is 38.2. The zero-order valence-corrected chi connectivity index (χ0v) is 61.5. The van der Waals surface area contributed by atoms with Crippen molar-refractivity contribution in [2.75, 3.05) is 39.6 Å². The maximum Gasteiger partial charge on any atom is 0.472 e. The van der Waals surface area contributed by atoms with E-state index in [1.165, 1.54) is 205 Å². The number of hydrogen-bond donors (Lipinski definition) is 3. The van der Waals surface area contributed by atoms with E-state index in [4.69, 9.17) is 37.0 Å². The molecule has 3 N–H and O–H groups in total. The van der Waals surface area contributed by atoms with E-state index < -0.39 is 97.5 Å². The van der Waals surface area contributed by atoms with Crippen molar-refractivity contribution in [2.45, 2.75) is 400 Å². The van der Waals surface area contributed by atoms with E-state index in [-0.39, 0.29) is 25.7 Å². The first-order valence-corrected chi connectivity index (χ1v) is 41.2. The second kappa shape index (κ2) is 66.3. The number of esters is 4. The molecule has 0 aromatic rings. The van der Waals surface area contributed by atoms with Gasteiger partial charge in [-0.3, -0.25) is 37.3 Å². The molecule has 0 spiro atoms. The SMILES string of the molecule is CCCCCCCCCCCCCCCCCCCC(=O)O[C@H](COC(=O)CCCCCCCCCCCCCCCCCC)COP(=O)(O)OC[C@@H](O)COP(=O)(O)OC[C@@H](COC(=O)CCCCCCCCCCC)OC(=O)CCCCCCCCC(C)CC. The minimum Gasteiger partial charge on any atom is -0.462 e. The van der Waals surface area contributed by atoms with Gasteiger partial charge >= 0.3 is 39.5 Å².